The van der Waals surface area contributed by atoms with Crippen molar-refractivity contribution >= 4 is 0 Å². The van der Waals surface area contributed by atoms with Crippen LogP contribution in [0.5, 0.6) is 0 Å². The summed E-state index contributed by atoms with van der Waals surface area (Å²) in [6, 6.07) is 0. The summed E-state index contributed by atoms with van der Waals surface area (Å²) in [4.78, 5) is 0. The molecule has 0 aromatic rings. The molecule has 1 heteroatoms. The molecule has 17 heavy (non-hydrogen) atoms. The van der Waals surface area contributed by atoms with Crippen molar-refractivity contribution < 1.29 is 0 Å². The summed E-state index contributed by atoms with van der Waals surface area (Å²) < 4.78 is 0. The van der Waals surface area contributed by atoms with Gasteiger partial charge in [-0.3, -0.25) is 0 Å². The van der Waals surface area contributed by atoms with E-state index in [-0.39, 0.29) is 0 Å². The summed E-state index contributed by atoms with van der Waals surface area (Å²) in [7, 11) is 0. The third-order valence-electron chi connectivity index (χ3n) is 4.35. The van der Waals surface area contributed by atoms with Gasteiger partial charge in [-0.15, -0.1) is 0 Å². The minimum Gasteiger partial charge on any atom is -0.311 e. The molecule has 0 amide bonds. The standard InChI is InChI=1S/C16H33N/c1-3-5-7-9-12-16(14-11-15-17-16)13-10-8-6-4-2/h17H,3-15H2,1-2H3. The first-order valence-corrected chi connectivity index (χ1v) is 8.08. The second kappa shape index (κ2) is 8.97. The Hall–Kier alpha value is -0.0400. The Kier molecular flexibility index (Phi) is 7.92. The van der Waals surface area contributed by atoms with Crippen LogP contribution in [0, 0.1) is 0 Å². The van der Waals surface area contributed by atoms with Crippen LogP contribution < -0.4 is 5.32 Å². The summed E-state index contributed by atoms with van der Waals surface area (Å²) in [6.07, 6.45) is 17.0. The molecule has 1 saturated heterocycles. The molecule has 0 aromatic carbocycles. The molecule has 1 aliphatic rings. The Balaban J connectivity index is 2.19. The van der Waals surface area contributed by atoms with E-state index >= 15 is 0 Å². The molecular formula is C16H33N. The van der Waals surface area contributed by atoms with E-state index in [1.54, 1.807) is 0 Å². The van der Waals surface area contributed by atoms with Crippen LogP contribution in [0.3, 0.4) is 0 Å². The van der Waals surface area contributed by atoms with Crippen LogP contribution >= 0.6 is 0 Å². The fourth-order valence-corrected chi connectivity index (χ4v) is 3.20. The van der Waals surface area contributed by atoms with Crippen molar-refractivity contribution in [2.24, 2.45) is 0 Å². The summed E-state index contributed by atoms with van der Waals surface area (Å²) in [6.45, 7) is 5.87. The highest BCUT2D eigenvalue weighted by Crippen LogP contribution is 2.31. The van der Waals surface area contributed by atoms with Crippen molar-refractivity contribution in [1.29, 1.82) is 0 Å². The molecule has 0 radical (unpaired) electrons. The predicted molar refractivity (Wildman–Crippen MR) is 77.5 cm³/mol. The van der Waals surface area contributed by atoms with Gasteiger partial charge in [0.05, 0.1) is 0 Å². The minimum atomic E-state index is 0.543. The SMILES string of the molecule is CCCCCCC1(CCCCCC)CCCN1. The molecule has 1 N–H and O–H groups in total. The molecule has 0 atom stereocenters. The highest BCUT2D eigenvalue weighted by atomic mass is 15.0. The Morgan fingerprint density at radius 1 is 0.824 bits per heavy atom. The Bertz CT molecular complexity index is 156. The summed E-state index contributed by atoms with van der Waals surface area (Å²) in [5.74, 6) is 0. The van der Waals surface area contributed by atoms with Crippen molar-refractivity contribution in [3.63, 3.8) is 0 Å². The highest BCUT2D eigenvalue weighted by Gasteiger charge is 2.31. The fraction of sp³-hybridized carbons (Fsp3) is 1.00. The van der Waals surface area contributed by atoms with Gasteiger partial charge < -0.3 is 5.32 Å². The summed E-state index contributed by atoms with van der Waals surface area (Å²) in [5, 5.41) is 3.82. The molecule has 1 fully saturated rings. The first-order valence-electron chi connectivity index (χ1n) is 8.08. The Morgan fingerprint density at radius 2 is 1.41 bits per heavy atom. The second-order valence-electron chi connectivity index (χ2n) is 5.93. The van der Waals surface area contributed by atoms with E-state index in [4.69, 9.17) is 0 Å². The molecule has 102 valence electrons. The van der Waals surface area contributed by atoms with Crippen molar-refractivity contribution in [2.45, 2.75) is 96.4 Å². The average Bonchev–Trinajstić information content (AvgIpc) is 2.80. The van der Waals surface area contributed by atoms with Gasteiger partial charge >= 0.3 is 0 Å². The van der Waals surface area contributed by atoms with E-state index in [1.807, 2.05) is 0 Å². The zero-order chi connectivity index (χ0) is 12.4. The van der Waals surface area contributed by atoms with Gasteiger partial charge in [0.15, 0.2) is 0 Å². The van der Waals surface area contributed by atoms with E-state index in [9.17, 15) is 0 Å². The van der Waals surface area contributed by atoms with E-state index in [0.717, 1.165) is 0 Å². The molecule has 0 aliphatic carbocycles. The summed E-state index contributed by atoms with van der Waals surface area (Å²) in [5.41, 5.74) is 0.543. The third-order valence-corrected chi connectivity index (χ3v) is 4.35. The maximum absolute atomic E-state index is 3.82. The quantitative estimate of drug-likeness (QED) is 0.526. The maximum atomic E-state index is 3.82. The van der Waals surface area contributed by atoms with Crippen LogP contribution in [0.4, 0.5) is 0 Å². The van der Waals surface area contributed by atoms with Crippen LogP contribution in [-0.2, 0) is 0 Å². The van der Waals surface area contributed by atoms with Gasteiger partial charge in [-0.25, -0.2) is 0 Å². The monoisotopic (exact) mass is 239 g/mol. The van der Waals surface area contributed by atoms with Gasteiger partial charge in [0.2, 0.25) is 0 Å². The lowest BCUT2D eigenvalue weighted by molar-refractivity contribution is 0.299. The van der Waals surface area contributed by atoms with Crippen LogP contribution in [0.15, 0.2) is 0 Å². The predicted octanol–water partition coefficient (Wildman–Crippen LogP) is 5.05. The molecule has 1 rings (SSSR count). The normalized spacial score (nSPS) is 18.7. The maximum Gasteiger partial charge on any atom is 0.0182 e. The van der Waals surface area contributed by atoms with E-state index < -0.39 is 0 Å². The van der Waals surface area contributed by atoms with E-state index in [0.29, 0.717) is 5.54 Å². The second-order valence-corrected chi connectivity index (χ2v) is 5.93. The van der Waals surface area contributed by atoms with Gasteiger partial charge in [-0.05, 0) is 32.2 Å². The third kappa shape index (κ3) is 5.90. The molecule has 0 unspecified atom stereocenters. The Labute approximate surface area is 109 Å². The van der Waals surface area contributed by atoms with Gasteiger partial charge in [0.1, 0.15) is 0 Å². The molecule has 1 aliphatic heterocycles. The number of unbranched alkanes of at least 4 members (excludes halogenated alkanes) is 6. The molecule has 1 heterocycles. The number of hydrogen-bond acceptors (Lipinski definition) is 1. The van der Waals surface area contributed by atoms with E-state index in [2.05, 4.69) is 19.2 Å². The number of hydrogen-bond donors (Lipinski definition) is 1. The van der Waals surface area contributed by atoms with Gasteiger partial charge in [0, 0.05) is 5.54 Å². The highest BCUT2D eigenvalue weighted by molar-refractivity contribution is 4.92. The Morgan fingerprint density at radius 3 is 1.82 bits per heavy atom. The van der Waals surface area contributed by atoms with Crippen molar-refractivity contribution in [3.05, 3.63) is 0 Å². The molecule has 1 nitrogen and oxygen atoms in total. The van der Waals surface area contributed by atoms with E-state index in [1.165, 1.54) is 83.6 Å². The molecule has 0 saturated carbocycles. The van der Waals surface area contributed by atoms with Gasteiger partial charge in [0.25, 0.3) is 0 Å². The molecule has 0 bridgehead atoms. The van der Waals surface area contributed by atoms with Crippen LogP contribution in [0.1, 0.15) is 90.9 Å². The van der Waals surface area contributed by atoms with Gasteiger partial charge in [-0.2, -0.15) is 0 Å². The molecular weight excluding hydrogens is 206 g/mol. The van der Waals surface area contributed by atoms with Crippen LogP contribution in [0.25, 0.3) is 0 Å². The largest absolute Gasteiger partial charge is 0.311 e. The zero-order valence-electron chi connectivity index (χ0n) is 12.2. The van der Waals surface area contributed by atoms with Crippen molar-refractivity contribution in [1.82, 2.24) is 5.32 Å². The van der Waals surface area contributed by atoms with Gasteiger partial charge in [-0.1, -0.05) is 65.2 Å². The lowest BCUT2D eigenvalue weighted by atomic mass is 9.85. The minimum absolute atomic E-state index is 0.543. The zero-order valence-corrected chi connectivity index (χ0v) is 12.2. The lowest BCUT2D eigenvalue weighted by Crippen LogP contribution is -2.39. The first kappa shape index (κ1) is 15.0. The number of rotatable bonds is 10. The molecule has 0 spiro atoms. The van der Waals surface area contributed by atoms with Crippen molar-refractivity contribution in [3.8, 4) is 0 Å². The number of nitrogens with one attached hydrogen (secondary N) is 1. The first-order chi connectivity index (χ1) is 8.33. The van der Waals surface area contributed by atoms with Crippen LogP contribution in [0.2, 0.25) is 0 Å². The van der Waals surface area contributed by atoms with Crippen molar-refractivity contribution in [2.75, 3.05) is 6.54 Å². The summed E-state index contributed by atoms with van der Waals surface area (Å²) >= 11 is 0. The molecule has 0 aromatic heterocycles. The van der Waals surface area contributed by atoms with Crippen LogP contribution in [-0.4, -0.2) is 12.1 Å². The fourth-order valence-electron chi connectivity index (χ4n) is 3.20. The topological polar surface area (TPSA) is 12.0 Å². The average molecular weight is 239 g/mol. The lowest BCUT2D eigenvalue weighted by Gasteiger charge is -2.30. The smallest absolute Gasteiger partial charge is 0.0182 e.